The minimum Gasteiger partial charge on any atom is -0.508 e. The highest BCUT2D eigenvalue weighted by molar-refractivity contribution is 6.30. The van der Waals surface area contributed by atoms with E-state index in [4.69, 9.17) is 11.6 Å². The molecule has 0 aliphatic carbocycles. The molecule has 3 heterocycles. The lowest BCUT2D eigenvalue weighted by Gasteiger charge is -2.06. The molecule has 3 aromatic heterocycles. The largest absolute Gasteiger partial charge is 0.508 e. The Bertz CT molecular complexity index is 1140. The Labute approximate surface area is 167 Å². The van der Waals surface area contributed by atoms with E-state index in [2.05, 4.69) is 38.0 Å². The molecule has 0 saturated heterocycles. The number of hydrogen-bond donors (Lipinski definition) is 2. The van der Waals surface area contributed by atoms with Gasteiger partial charge in [-0.2, -0.15) is 0 Å². The van der Waals surface area contributed by atoms with Gasteiger partial charge >= 0.3 is 0 Å². The van der Waals surface area contributed by atoms with Crippen molar-refractivity contribution in [1.29, 1.82) is 0 Å². The van der Waals surface area contributed by atoms with Crippen LogP contribution in [0.2, 0.25) is 5.15 Å². The first kappa shape index (κ1) is 18.3. The number of halogens is 1. The van der Waals surface area contributed by atoms with Crippen molar-refractivity contribution >= 4 is 34.3 Å². The van der Waals surface area contributed by atoms with Gasteiger partial charge in [0, 0.05) is 30.2 Å². The number of nitrogens with zero attached hydrogens (tertiary/aromatic N) is 4. The summed E-state index contributed by atoms with van der Waals surface area (Å²) >= 11 is 6.24. The first-order chi connectivity index (χ1) is 13.5. The van der Waals surface area contributed by atoms with E-state index >= 15 is 0 Å². The molecule has 0 unspecified atom stereocenters. The van der Waals surface area contributed by atoms with Crippen molar-refractivity contribution in [1.82, 2.24) is 19.5 Å². The minimum absolute atomic E-state index is 0.210. The quantitative estimate of drug-likeness (QED) is 0.354. The minimum atomic E-state index is 0.210. The maximum Gasteiger partial charge on any atom is 0.227 e. The van der Waals surface area contributed by atoms with Crippen molar-refractivity contribution in [3.8, 4) is 17.0 Å². The van der Waals surface area contributed by atoms with Crippen LogP contribution in [-0.2, 0) is 6.54 Å². The molecule has 142 valence electrons. The molecular weight excluding hydrogens is 374 g/mol. The van der Waals surface area contributed by atoms with Crippen LogP contribution in [0.25, 0.3) is 22.3 Å². The summed E-state index contributed by atoms with van der Waals surface area (Å²) in [6.45, 7) is 5.09. The molecule has 0 aliphatic heterocycles. The summed E-state index contributed by atoms with van der Waals surface area (Å²) in [5, 5.41) is 13.1. The topological polar surface area (TPSA) is 75.9 Å². The van der Waals surface area contributed by atoms with Gasteiger partial charge in [0.05, 0.1) is 16.7 Å². The van der Waals surface area contributed by atoms with Gasteiger partial charge in [0.15, 0.2) is 0 Å². The summed E-state index contributed by atoms with van der Waals surface area (Å²) in [6, 6.07) is 10.5. The van der Waals surface area contributed by atoms with Gasteiger partial charge in [0.25, 0.3) is 0 Å². The number of nitrogens with one attached hydrogen (secondary N) is 1. The molecule has 2 N–H and O–H groups in total. The Kier molecular flexibility index (Phi) is 4.88. The lowest BCUT2D eigenvalue weighted by Crippen LogP contribution is -1.97. The highest BCUT2D eigenvalue weighted by Gasteiger charge is 2.16. The van der Waals surface area contributed by atoms with E-state index in [1.165, 1.54) is 0 Å². The van der Waals surface area contributed by atoms with Gasteiger partial charge in [-0.25, -0.2) is 15.0 Å². The summed E-state index contributed by atoms with van der Waals surface area (Å²) in [5.74, 6) is 0.681. The van der Waals surface area contributed by atoms with E-state index in [-0.39, 0.29) is 5.75 Å². The fourth-order valence-electron chi connectivity index (χ4n) is 3.31. The van der Waals surface area contributed by atoms with Crippen LogP contribution < -0.4 is 5.32 Å². The number of aromatic hydroxyl groups is 1. The van der Waals surface area contributed by atoms with Crippen LogP contribution in [0.3, 0.4) is 0 Å². The van der Waals surface area contributed by atoms with Crippen molar-refractivity contribution in [2.45, 2.75) is 26.8 Å². The van der Waals surface area contributed by atoms with Crippen molar-refractivity contribution in [3.05, 3.63) is 59.5 Å². The van der Waals surface area contributed by atoms with E-state index in [1.54, 1.807) is 30.5 Å². The monoisotopic (exact) mass is 393 g/mol. The highest BCUT2D eigenvalue weighted by atomic mass is 35.5. The molecule has 6 nitrogen and oxygen atoms in total. The van der Waals surface area contributed by atoms with Crippen LogP contribution in [0.1, 0.15) is 18.9 Å². The van der Waals surface area contributed by atoms with Crippen LogP contribution in [0, 0.1) is 6.92 Å². The highest BCUT2D eigenvalue weighted by Crippen LogP contribution is 2.32. The molecule has 0 bridgehead atoms. The Balaban J connectivity index is 1.78. The van der Waals surface area contributed by atoms with Gasteiger partial charge in [-0.15, -0.1) is 0 Å². The lowest BCUT2D eigenvalue weighted by molar-refractivity contribution is 0.475. The van der Waals surface area contributed by atoms with Crippen molar-refractivity contribution in [2.75, 3.05) is 5.32 Å². The van der Waals surface area contributed by atoms with Crippen LogP contribution in [0.15, 0.2) is 48.8 Å². The first-order valence-electron chi connectivity index (χ1n) is 9.10. The Morgan fingerprint density at radius 1 is 1.14 bits per heavy atom. The fourth-order valence-corrected chi connectivity index (χ4v) is 3.55. The average Bonchev–Trinajstić information content (AvgIpc) is 3.03. The molecule has 1 aromatic carbocycles. The molecule has 7 heteroatoms. The Morgan fingerprint density at radius 3 is 2.68 bits per heavy atom. The van der Waals surface area contributed by atoms with Gasteiger partial charge in [0.1, 0.15) is 10.9 Å². The second-order valence-corrected chi connectivity index (χ2v) is 7.02. The summed E-state index contributed by atoms with van der Waals surface area (Å²) in [5.41, 5.74) is 5.49. The van der Waals surface area contributed by atoms with Crippen LogP contribution in [0.5, 0.6) is 5.75 Å². The van der Waals surface area contributed by atoms with Gasteiger partial charge in [0.2, 0.25) is 5.95 Å². The molecule has 4 aromatic rings. The zero-order valence-corrected chi connectivity index (χ0v) is 16.4. The third-order valence-corrected chi connectivity index (χ3v) is 4.69. The van der Waals surface area contributed by atoms with Crippen LogP contribution in [-0.4, -0.2) is 24.6 Å². The van der Waals surface area contributed by atoms with Gasteiger partial charge in [-0.1, -0.05) is 18.5 Å². The summed E-state index contributed by atoms with van der Waals surface area (Å²) in [7, 11) is 0. The fraction of sp³-hybridized carbons (Fsp3) is 0.190. The van der Waals surface area contributed by atoms with Crippen molar-refractivity contribution in [3.63, 3.8) is 0 Å². The maximum atomic E-state index is 9.43. The smallest absolute Gasteiger partial charge is 0.227 e. The van der Waals surface area contributed by atoms with E-state index < -0.39 is 0 Å². The zero-order chi connectivity index (χ0) is 19.7. The van der Waals surface area contributed by atoms with E-state index in [1.807, 2.05) is 19.1 Å². The molecule has 0 aliphatic rings. The van der Waals surface area contributed by atoms with Gasteiger partial charge in [-0.3, -0.25) is 0 Å². The number of anilines is 2. The number of aromatic nitrogens is 4. The molecule has 28 heavy (non-hydrogen) atoms. The van der Waals surface area contributed by atoms with Gasteiger partial charge < -0.3 is 15.0 Å². The predicted octanol–water partition coefficient (Wildman–Crippen LogP) is 5.31. The Hall–Kier alpha value is -3.12. The number of benzene rings is 1. The molecular formula is C21H20ClN5O. The summed E-state index contributed by atoms with van der Waals surface area (Å²) in [6.07, 6.45) is 4.81. The number of pyridine rings is 1. The first-order valence-corrected chi connectivity index (χ1v) is 9.48. The predicted molar refractivity (Wildman–Crippen MR) is 112 cm³/mol. The number of rotatable bonds is 5. The normalized spacial score (nSPS) is 11.1. The van der Waals surface area contributed by atoms with Crippen molar-refractivity contribution < 1.29 is 5.11 Å². The summed E-state index contributed by atoms with van der Waals surface area (Å²) < 4.78 is 2.21. The standard InChI is InChI=1S/C21H20ClN5O/c1-3-10-27-12-16(19-20(27)13(2)11-18(22)26-19)17-8-9-23-21(25-17)24-14-4-6-15(28)7-5-14/h4-9,11-12,28H,3,10H2,1-2H3,(H,23,24,25). The number of phenolic OH excluding ortho intramolecular Hbond substituents is 1. The lowest BCUT2D eigenvalue weighted by atomic mass is 10.1. The average molecular weight is 394 g/mol. The van der Waals surface area contributed by atoms with Crippen LogP contribution in [0.4, 0.5) is 11.6 Å². The van der Waals surface area contributed by atoms with Crippen LogP contribution >= 0.6 is 11.6 Å². The molecule has 0 amide bonds. The SMILES string of the molecule is CCCn1cc(-c2ccnc(Nc3ccc(O)cc3)n2)c2nc(Cl)cc(C)c21. The third-order valence-electron chi connectivity index (χ3n) is 4.50. The number of phenols is 1. The summed E-state index contributed by atoms with van der Waals surface area (Å²) in [4.78, 5) is 13.5. The second-order valence-electron chi connectivity index (χ2n) is 6.63. The molecule has 0 spiro atoms. The number of aryl methyl sites for hydroxylation is 2. The second kappa shape index (κ2) is 7.48. The maximum absolute atomic E-state index is 9.43. The molecule has 4 rings (SSSR count). The zero-order valence-electron chi connectivity index (χ0n) is 15.6. The third kappa shape index (κ3) is 3.51. The van der Waals surface area contributed by atoms with Gasteiger partial charge in [-0.05, 0) is 55.3 Å². The molecule has 0 atom stereocenters. The Morgan fingerprint density at radius 2 is 1.93 bits per heavy atom. The van der Waals surface area contributed by atoms with E-state index in [0.29, 0.717) is 11.1 Å². The molecule has 0 saturated carbocycles. The number of hydrogen-bond acceptors (Lipinski definition) is 5. The number of fused-ring (bicyclic) bond motifs is 1. The van der Waals surface area contributed by atoms with E-state index in [0.717, 1.165) is 46.5 Å². The van der Waals surface area contributed by atoms with Crippen molar-refractivity contribution in [2.24, 2.45) is 0 Å². The van der Waals surface area contributed by atoms with E-state index in [9.17, 15) is 5.11 Å². The molecule has 0 fully saturated rings. The molecule has 0 radical (unpaired) electrons.